The summed E-state index contributed by atoms with van der Waals surface area (Å²) in [6.45, 7) is 6.53. The van der Waals surface area contributed by atoms with Gasteiger partial charge in [-0.1, -0.05) is 50.1 Å². The van der Waals surface area contributed by atoms with Gasteiger partial charge in [-0.15, -0.1) is 0 Å². The highest BCUT2D eigenvalue weighted by molar-refractivity contribution is 8.13. The molecule has 0 aliphatic rings. The summed E-state index contributed by atoms with van der Waals surface area (Å²) in [6, 6.07) is 5.25. The van der Waals surface area contributed by atoms with E-state index < -0.39 is 0 Å². The summed E-state index contributed by atoms with van der Waals surface area (Å²) in [5.74, 6) is 1.74. The highest BCUT2D eigenvalue weighted by Gasteiger charge is 2.07. The number of aromatic nitrogens is 2. The Morgan fingerprint density at radius 2 is 2.12 bits per heavy atom. The van der Waals surface area contributed by atoms with Crippen LogP contribution >= 0.6 is 23.4 Å². The maximum absolute atomic E-state index is 12.1. The van der Waals surface area contributed by atoms with Gasteiger partial charge in [0.25, 0.3) is 5.56 Å². The molecular weight excluding hydrogens is 356 g/mol. The fourth-order valence-electron chi connectivity index (χ4n) is 2.51. The van der Waals surface area contributed by atoms with Gasteiger partial charge in [0.05, 0.1) is 16.7 Å². The Labute approximate surface area is 157 Å². The first kappa shape index (κ1) is 19.8. The highest BCUT2D eigenvalue weighted by Crippen LogP contribution is 2.17. The number of benzene rings is 1. The molecule has 0 saturated heterocycles. The van der Waals surface area contributed by atoms with Crippen molar-refractivity contribution in [1.82, 2.24) is 9.97 Å². The van der Waals surface area contributed by atoms with E-state index in [0.29, 0.717) is 38.6 Å². The second-order valence-electron chi connectivity index (χ2n) is 6.60. The Bertz CT molecular complexity index is 803. The third-order valence-electron chi connectivity index (χ3n) is 3.83. The second kappa shape index (κ2) is 9.25. The molecule has 0 unspecified atom stereocenters. The number of hydrogen-bond acceptors (Lipinski definition) is 4. The number of aromatic amines is 1. The number of H-pyrrole nitrogens is 1. The first-order valence-corrected chi connectivity index (χ1v) is 9.86. The number of nitrogens with two attached hydrogens (primary N) is 1. The van der Waals surface area contributed by atoms with Crippen molar-refractivity contribution in [3.8, 4) is 0 Å². The quantitative estimate of drug-likeness (QED) is 0.552. The molecule has 1 aromatic heterocycles. The monoisotopic (exact) mass is 380 g/mol. The summed E-state index contributed by atoms with van der Waals surface area (Å²) in [4.78, 5) is 23.8. The number of fused-ring (bicyclic) bond motifs is 1. The van der Waals surface area contributed by atoms with E-state index in [2.05, 4.69) is 35.7 Å². The van der Waals surface area contributed by atoms with Gasteiger partial charge in [-0.3, -0.25) is 9.79 Å². The average molecular weight is 381 g/mol. The molecule has 0 bridgehead atoms. The third kappa shape index (κ3) is 6.36. The van der Waals surface area contributed by atoms with Crippen LogP contribution in [0.4, 0.5) is 0 Å². The number of rotatable bonds is 7. The lowest BCUT2D eigenvalue weighted by atomic mass is 10.0. The number of hydrogen-bond donors (Lipinski definition) is 2. The molecule has 3 N–H and O–H groups in total. The van der Waals surface area contributed by atoms with Crippen molar-refractivity contribution in [3.63, 3.8) is 0 Å². The lowest BCUT2D eigenvalue weighted by Gasteiger charge is -2.09. The number of amidine groups is 1. The number of halogens is 1. The van der Waals surface area contributed by atoms with Crippen LogP contribution in [0.3, 0.4) is 0 Å². The number of nitrogens with one attached hydrogen (secondary N) is 1. The molecule has 0 amide bonds. The lowest BCUT2D eigenvalue weighted by Crippen LogP contribution is -2.14. The molecule has 0 aliphatic heterocycles. The summed E-state index contributed by atoms with van der Waals surface area (Å²) in [5, 5.41) is 1.60. The van der Waals surface area contributed by atoms with Crippen LogP contribution in [-0.4, -0.2) is 21.2 Å². The Kier molecular flexibility index (Phi) is 7.32. The van der Waals surface area contributed by atoms with Crippen molar-refractivity contribution >= 4 is 39.4 Å². The van der Waals surface area contributed by atoms with Crippen LogP contribution in [0.15, 0.2) is 28.0 Å². The summed E-state index contributed by atoms with van der Waals surface area (Å²) < 4.78 is 0. The molecule has 136 valence electrons. The Morgan fingerprint density at radius 1 is 1.36 bits per heavy atom. The maximum Gasteiger partial charge on any atom is 0.258 e. The zero-order valence-electron chi connectivity index (χ0n) is 14.9. The molecule has 0 spiro atoms. The molecule has 0 saturated carbocycles. The van der Waals surface area contributed by atoms with Crippen LogP contribution in [0.1, 0.15) is 45.9 Å². The molecule has 1 heterocycles. The van der Waals surface area contributed by atoms with E-state index in [0.717, 1.165) is 12.8 Å². The molecule has 7 heteroatoms. The summed E-state index contributed by atoms with van der Waals surface area (Å²) in [6.07, 6.45) is 3.39. The molecule has 0 fully saturated rings. The Balaban J connectivity index is 1.97. The van der Waals surface area contributed by atoms with Gasteiger partial charge in [-0.25, -0.2) is 4.98 Å². The predicted molar refractivity (Wildman–Crippen MR) is 108 cm³/mol. The Hall–Kier alpha value is -1.53. The van der Waals surface area contributed by atoms with Gasteiger partial charge < -0.3 is 10.7 Å². The van der Waals surface area contributed by atoms with E-state index >= 15 is 0 Å². The van der Waals surface area contributed by atoms with Crippen molar-refractivity contribution in [2.75, 3.05) is 0 Å². The van der Waals surface area contributed by atoms with Gasteiger partial charge in [0.15, 0.2) is 5.17 Å². The van der Waals surface area contributed by atoms with E-state index in [4.69, 9.17) is 17.3 Å². The number of aliphatic imine (C=N–C) groups is 1. The second-order valence-corrected chi connectivity index (χ2v) is 8.04. The van der Waals surface area contributed by atoms with Crippen LogP contribution in [0.5, 0.6) is 0 Å². The maximum atomic E-state index is 12.1. The fraction of sp³-hybridized carbons (Fsp3) is 0.500. The van der Waals surface area contributed by atoms with Gasteiger partial charge in [-0.2, -0.15) is 0 Å². The van der Waals surface area contributed by atoms with E-state index in [1.54, 1.807) is 18.2 Å². The van der Waals surface area contributed by atoms with Crippen LogP contribution < -0.4 is 11.3 Å². The topological polar surface area (TPSA) is 84.1 Å². The number of thioether (sulfide) groups is 1. The SMILES string of the molecule is CC(C)CCC[C@@H](C)N=C(N)SCc1nc2cc(Cl)ccc2c(=O)[nH]1. The highest BCUT2D eigenvalue weighted by atomic mass is 35.5. The molecule has 1 aromatic carbocycles. The predicted octanol–water partition coefficient (Wildman–Crippen LogP) is 4.34. The summed E-state index contributed by atoms with van der Waals surface area (Å²) in [7, 11) is 0. The van der Waals surface area contributed by atoms with Gasteiger partial charge in [-0.05, 0) is 37.5 Å². The summed E-state index contributed by atoms with van der Waals surface area (Å²) in [5.41, 5.74) is 6.42. The van der Waals surface area contributed by atoms with Crippen LogP contribution in [-0.2, 0) is 5.75 Å². The van der Waals surface area contributed by atoms with Gasteiger partial charge in [0.2, 0.25) is 0 Å². The smallest absolute Gasteiger partial charge is 0.258 e. The minimum atomic E-state index is -0.171. The average Bonchev–Trinajstić information content (AvgIpc) is 2.52. The van der Waals surface area contributed by atoms with Crippen molar-refractivity contribution in [2.45, 2.75) is 51.8 Å². The van der Waals surface area contributed by atoms with E-state index in [1.165, 1.54) is 18.2 Å². The Morgan fingerprint density at radius 3 is 2.84 bits per heavy atom. The molecular formula is C18H25ClN4OS. The normalized spacial score (nSPS) is 13.6. The van der Waals surface area contributed by atoms with Crippen molar-refractivity contribution < 1.29 is 0 Å². The minimum Gasteiger partial charge on any atom is -0.379 e. The zero-order chi connectivity index (χ0) is 18.4. The van der Waals surface area contributed by atoms with E-state index in [-0.39, 0.29) is 11.6 Å². The van der Waals surface area contributed by atoms with Crippen LogP contribution in [0, 0.1) is 5.92 Å². The molecule has 0 radical (unpaired) electrons. The molecule has 2 rings (SSSR count). The lowest BCUT2D eigenvalue weighted by molar-refractivity contribution is 0.512. The standard InChI is InChI=1S/C18H25ClN4OS/c1-11(2)5-4-6-12(3)21-18(20)25-10-16-22-15-9-13(19)7-8-14(15)17(24)23-16/h7-9,11-12H,4-6,10H2,1-3H3,(H2,20,21)(H,22,23,24)/t12-/m1/s1. The molecule has 1 atom stereocenters. The van der Waals surface area contributed by atoms with Crippen LogP contribution in [0.2, 0.25) is 5.02 Å². The number of nitrogens with zero attached hydrogens (tertiary/aromatic N) is 2. The zero-order valence-corrected chi connectivity index (χ0v) is 16.5. The fourth-order valence-corrected chi connectivity index (χ4v) is 3.35. The minimum absolute atomic E-state index is 0.171. The third-order valence-corrected chi connectivity index (χ3v) is 4.88. The van der Waals surface area contributed by atoms with Gasteiger partial charge >= 0.3 is 0 Å². The molecule has 5 nitrogen and oxygen atoms in total. The van der Waals surface area contributed by atoms with Crippen molar-refractivity contribution in [3.05, 3.63) is 39.4 Å². The van der Waals surface area contributed by atoms with E-state index in [9.17, 15) is 4.79 Å². The van der Waals surface area contributed by atoms with E-state index in [1.807, 2.05) is 0 Å². The molecule has 25 heavy (non-hydrogen) atoms. The molecule has 0 aliphatic carbocycles. The van der Waals surface area contributed by atoms with Gasteiger partial charge in [0.1, 0.15) is 5.82 Å². The first-order chi connectivity index (χ1) is 11.8. The molecule has 2 aromatic rings. The summed E-state index contributed by atoms with van der Waals surface area (Å²) >= 11 is 7.35. The first-order valence-electron chi connectivity index (χ1n) is 8.49. The van der Waals surface area contributed by atoms with Gasteiger partial charge in [0, 0.05) is 11.1 Å². The largest absolute Gasteiger partial charge is 0.379 e. The van der Waals surface area contributed by atoms with Crippen LogP contribution in [0.25, 0.3) is 10.9 Å². The van der Waals surface area contributed by atoms with Crippen molar-refractivity contribution in [2.24, 2.45) is 16.6 Å². The van der Waals surface area contributed by atoms with Crippen molar-refractivity contribution in [1.29, 1.82) is 0 Å².